The number of likely N-dealkylation sites (tertiary alicyclic amines) is 1. The molecule has 3 heterocycles. The highest BCUT2D eigenvalue weighted by atomic mass is 16.5. The monoisotopic (exact) mass is 342 g/mol. The number of pyridine rings is 1. The number of hydrogen-bond acceptors (Lipinski definition) is 5. The minimum absolute atomic E-state index is 0.0352. The molecule has 0 N–H and O–H groups in total. The molecule has 1 saturated carbocycles. The fraction of sp³-hybridized carbons (Fsp3) is 0.556. The van der Waals surface area contributed by atoms with Crippen molar-refractivity contribution in [2.24, 2.45) is 23.8 Å². The highest BCUT2D eigenvalue weighted by molar-refractivity contribution is 5.97. The van der Waals surface area contributed by atoms with Crippen molar-refractivity contribution in [2.75, 3.05) is 20.2 Å². The molecule has 2 atom stereocenters. The Labute approximate surface area is 146 Å². The van der Waals surface area contributed by atoms with Crippen molar-refractivity contribution in [1.82, 2.24) is 19.7 Å². The molecule has 2 aromatic heterocycles. The van der Waals surface area contributed by atoms with E-state index in [0.29, 0.717) is 18.7 Å². The molecular formula is C18H22N4O3. The van der Waals surface area contributed by atoms with E-state index in [1.807, 2.05) is 13.1 Å². The second-order valence-corrected chi connectivity index (χ2v) is 7.95. The molecule has 132 valence electrons. The molecule has 1 saturated heterocycles. The van der Waals surface area contributed by atoms with Gasteiger partial charge in [-0.15, -0.1) is 0 Å². The smallest absolute Gasteiger partial charge is 0.314 e. The summed E-state index contributed by atoms with van der Waals surface area (Å²) in [5, 5.41) is 4.16. The Kier molecular flexibility index (Phi) is 3.23. The molecule has 2 aromatic rings. The molecule has 1 amide bonds. The highest BCUT2D eigenvalue weighted by Crippen LogP contribution is 2.63. The van der Waals surface area contributed by atoms with Gasteiger partial charge in [-0.1, -0.05) is 13.8 Å². The summed E-state index contributed by atoms with van der Waals surface area (Å²) < 4.78 is 6.75. The molecule has 2 aliphatic rings. The van der Waals surface area contributed by atoms with Crippen molar-refractivity contribution < 1.29 is 14.3 Å². The van der Waals surface area contributed by atoms with Crippen LogP contribution in [0.5, 0.6) is 0 Å². The van der Waals surface area contributed by atoms with E-state index in [9.17, 15) is 9.59 Å². The maximum Gasteiger partial charge on any atom is 0.314 e. The predicted molar refractivity (Wildman–Crippen MR) is 90.7 cm³/mol. The number of aryl methyl sites for hydroxylation is 1. The third-order valence-electron chi connectivity index (χ3n) is 5.98. The van der Waals surface area contributed by atoms with Crippen LogP contribution in [0.1, 0.15) is 30.6 Å². The van der Waals surface area contributed by atoms with Crippen molar-refractivity contribution in [3.8, 4) is 0 Å². The van der Waals surface area contributed by atoms with Gasteiger partial charge < -0.3 is 9.64 Å². The van der Waals surface area contributed by atoms with E-state index in [0.717, 1.165) is 17.5 Å². The van der Waals surface area contributed by atoms with E-state index in [2.05, 4.69) is 23.9 Å². The largest absolute Gasteiger partial charge is 0.469 e. The van der Waals surface area contributed by atoms with E-state index in [-0.39, 0.29) is 23.2 Å². The van der Waals surface area contributed by atoms with Gasteiger partial charge in [0.15, 0.2) is 0 Å². The zero-order chi connectivity index (χ0) is 18.0. The Morgan fingerprint density at radius 1 is 1.32 bits per heavy atom. The molecule has 0 spiro atoms. The maximum absolute atomic E-state index is 13.0. The summed E-state index contributed by atoms with van der Waals surface area (Å²) in [7, 11) is 3.24. The lowest BCUT2D eigenvalue weighted by Gasteiger charge is -2.54. The van der Waals surface area contributed by atoms with Crippen LogP contribution < -0.4 is 0 Å². The standard InChI is InChI=1S/C18H22N4O3/c1-17(2)9-18(16(24)25-4)10-22(8-14(17)18)15(23)11-5-13-12(19-6-11)7-20-21(13)3/h5-7,14H,8-10H2,1-4H3/t14-,18+/m1/s1. The molecule has 1 aliphatic heterocycles. The van der Waals surface area contributed by atoms with Crippen LogP contribution in [-0.4, -0.2) is 51.7 Å². The topological polar surface area (TPSA) is 77.3 Å². The van der Waals surface area contributed by atoms with E-state index in [1.165, 1.54) is 7.11 Å². The number of nitrogens with zero attached hydrogens (tertiary/aromatic N) is 4. The van der Waals surface area contributed by atoms with Crippen LogP contribution in [0.3, 0.4) is 0 Å². The van der Waals surface area contributed by atoms with E-state index >= 15 is 0 Å². The highest BCUT2D eigenvalue weighted by Gasteiger charge is 2.68. The minimum Gasteiger partial charge on any atom is -0.469 e. The summed E-state index contributed by atoms with van der Waals surface area (Å²) >= 11 is 0. The summed E-state index contributed by atoms with van der Waals surface area (Å²) in [6.45, 7) is 5.28. The van der Waals surface area contributed by atoms with Gasteiger partial charge in [0.2, 0.25) is 0 Å². The summed E-state index contributed by atoms with van der Waals surface area (Å²) in [6.07, 6.45) is 4.01. The zero-order valence-corrected chi connectivity index (χ0v) is 14.9. The normalized spacial score (nSPS) is 27.0. The lowest BCUT2D eigenvalue weighted by Crippen LogP contribution is -2.57. The predicted octanol–water partition coefficient (Wildman–Crippen LogP) is 1.63. The first-order valence-electron chi connectivity index (χ1n) is 8.44. The van der Waals surface area contributed by atoms with E-state index < -0.39 is 5.41 Å². The average Bonchev–Trinajstić information content (AvgIpc) is 3.12. The number of carbonyl (C=O) groups excluding carboxylic acids is 2. The van der Waals surface area contributed by atoms with Gasteiger partial charge in [-0.25, -0.2) is 0 Å². The number of amides is 1. The Balaban J connectivity index is 1.64. The molecule has 0 bridgehead atoms. The van der Waals surface area contributed by atoms with Gasteiger partial charge in [0, 0.05) is 26.3 Å². The van der Waals surface area contributed by atoms with Gasteiger partial charge in [-0.05, 0) is 23.8 Å². The molecule has 0 radical (unpaired) electrons. The number of rotatable bonds is 2. The second kappa shape index (κ2) is 5.03. The first-order valence-corrected chi connectivity index (χ1v) is 8.44. The summed E-state index contributed by atoms with van der Waals surface area (Å²) in [6, 6.07) is 1.81. The quantitative estimate of drug-likeness (QED) is 0.775. The number of methoxy groups -OCH3 is 1. The van der Waals surface area contributed by atoms with Crippen LogP contribution in [-0.2, 0) is 16.6 Å². The number of aromatic nitrogens is 3. The Bertz CT molecular complexity index is 888. The van der Waals surface area contributed by atoms with Crippen molar-refractivity contribution in [1.29, 1.82) is 0 Å². The summed E-state index contributed by atoms with van der Waals surface area (Å²) in [5.41, 5.74) is 1.57. The molecule has 1 aliphatic carbocycles. The van der Waals surface area contributed by atoms with E-state index in [4.69, 9.17) is 4.74 Å². The average molecular weight is 342 g/mol. The first-order chi connectivity index (χ1) is 11.8. The number of esters is 1. The molecule has 0 aromatic carbocycles. The zero-order valence-electron chi connectivity index (χ0n) is 14.9. The van der Waals surface area contributed by atoms with Gasteiger partial charge in [0.05, 0.1) is 29.8 Å². The molecule has 7 nitrogen and oxygen atoms in total. The molecular weight excluding hydrogens is 320 g/mol. The SMILES string of the molecule is COC(=O)[C@@]12CN(C(=O)c3cnc4cnn(C)c4c3)C[C@@H]1C(C)(C)C2. The van der Waals surface area contributed by atoms with Gasteiger partial charge in [-0.2, -0.15) is 5.10 Å². The molecule has 25 heavy (non-hydrogen) atoms. The van der Waals surface area contributed by atoms with Crippen LogP contribution >= 0.6 is 0 Å². The second-order valence-electron chi connectivity index (χ2n) is 7.95. The summed E-state index contributed by atoms with van der Waals surface area (Å²) in [4.78, 5) is 31.5. The van der Waals surface area contributed by atoms with E-state index in [1.54, 1.807) is 22.0 Å². The third-order valence-corrected chi connectivity index (χ3v) is 5.98. The van der Waals surface area contributed by atoms with Crippen LogP contribution in [0.15, 0.2) is 18.5 Å². The Hall–Kier alpha value is -2.44. The van der Waals surface area contributed by atoms with Crippen LogP contribution in [0, 0.1) is 16.7 Å². The number of hydrogen-bond donors (Lipinski definition) is 0. The van der Waals surface area contributed by atoms with Crippen molar-refractivity contribution in [2.45, 2.75) is 20.3 Å². The number of ether oxygens (including phenoxy) is 1. The Morgan fingerprint density at radius 2 is 2.08 bits per heavy atom. The van der Waals surface area contributed by atoms with Gasteiger partial charge >= 0.3 is 5.97 Å². The lowest BCUT2D eigenvalue weighted by molar-refractivity contribution is -0.174. The minimum atomic E-state index is -0.558. The van der Waals surface area contributed by atoms with Crippen LogP contribution in [0.2, 0.25) is 0 Å². The fourth-order valence-electron chi connectivity index (χ4n) is 4.85. The van der Waals surface area contributed by atoms with Gasteiger partial charge in [0.1, 0.15) is 5.52 Å². The van der Waals surface area contributed by atoms with Crippen molar-refractivity contribution >= 4 is 22.9 Å². The Morgan fingerprint density at radius 3 is 2.76 bits per heavy atom. The molecule has 4 rings (SSSR count). The number of carbonyl (C=O) groups is 2. The van der Waals surface area contributed by atoms with Crippen molar-refractivity contribution in [3.05, 3.63) is 24.0 Å². The number of fused-ring (bicyclic) bond motifs is 2. The van der Waals surface area contributed by atoms with Gasteiger partial charge in [0.25, 0.3) is 5.91 Å². The van der Waals surface area contributed by atoms with Gasteiger partial charge in [-0.3, -0.25) is 19.3 Å². The van der Waals surface area contributed by atoms with Crippen LogP contribution in [0.4, 0.5) is 0 Å². The lowest BCUT2D eigenvalue weighted by atomic mass is 9.48. The first kappa shape index (κ1) is 16.1. The molecule has 7 heteroatoms. The van der Waals surface area contributed by atoms with Crippen molar-refractivity contribution in [3.63, 3.8) is 0 Å². The molecule has 2 fully saturated rings. The third kappa shape index (κ3) is 2.11. The van der Waals surface area contributed by atoms with Crippen LogP contribution in [0.25, 0.3) is 11.0 Å². The maximum atomic E-state index is 13.0. The summed E-state index contributed by atoms with van der Waals surface area (Å²) in [5.74, 6) is -0.166. The fourth-order valence-corrected chi connectivity index (χ4v) is 4.85. The molecule has 0 unspecified atom stereocenters.